The fourth-order valence-corrected chi connectivity index (χ4v) is 4.30. The van der Waals surface area contributed by atoms with E-state index in [0.717, 1.165) is 12.5 Å². The molecule has 0 radical (unpaired) electrons. The molecule has 0 bridgehead atoms. The summed E-state index contributed by atoms with van der Waals surface area (Å²) in [5.74, 6) is 0.966. The van der Waals surface area contributed by atoms with Crippen molar-refractivity contribution in [3.63, 3.8) is 0 Å². The van der Waals surface area contributed by atoms with Crippen LogP contribution in [0.2, 0.25) is 0 Å². The zero-order valence-corrected chi connectivity index (χ0v) is 13.7. The van der Waals surface area contributed by atoms with Crippen molar-refractivity contribution in [1.29, 1.82) is 0 Å². The van der Waals surface area contributed by atoms with Crippen molar-refractivity contribution >= 4 is 0 Å². The van der Waals surface area contributed by atoms with Gasteiger partial charge in [0.2, 0.25) is 0 Å². The van der Waals surface area contributed by atoms with E-state index >= 15 is 0 Å². The Kier molecular flexibility index (Phi) is 6.31. The third-order valence-corrected chi connectivity index (χ3v) is 5.74. The van der Waals surface area contributed by atoms with E-state index < -0.39 is 0 Å². The molecular weight excluding hydrogens is 246 g/mol. The Morgan fingerprint density at radius 1 is 1.05 bits per heavy atom. The van der Waals surface area contributed by atoms with Crippen molar-refractivity contribution in [2.75, 3.05) is 39.8 Å². The molecule has 2 aliphatic heterocycles. The van der Waals surface area contributed by atoms with Crippen molar-refractivity contribution in [2.45, 2.75) is 63.8 Å². The largest absolute Gasteiger partial charge is 0.329 e. The van der Waals surface area contributed by atoms with Gasteiger partial charge in [0.15, 0.2) is 0 Å². The van der Waals surface area contributed by atoms with Crippen LogP contribution < -0.4 is 5.73 Å². The van der Waals surface area contributed by atoms with E-state index in [-0.39, 0.29) is 0 Å². The highest BCUT2D eigenvalue weighted by Crippen LogP contribution is 2.32. The summed E-state index contributed by atoms with van der Waals surface area (Å²) in [6, 6.07) is 0. The molecule has 0 aromatic rings. The first kappa shape index (κ1) is 16.3. The minimum Gasteiger partial charge on any atom is -0.329 e. The summed E-state index contributed by atoms with van der Waals surface area (Å²) in [7, 11) is 2.26. The zero-order valence-electron chi connectivity index (χ0n) is 13.7. The Balaban J connectivity index is 1.99. The van der Waals surface area contributed by atoms with Crippen LogP contribution in [0.15, 0.2) is 0 Å². The second kappa shape index (κ2) is 7.77. The van der Waals surface area contributed by atoms with Gasteiger partial charge >= 0.3 is 0 Å². The minimum atomic E-state index is 0.297. The van der Waals surface area contributed by atoms with E-state index in [1.54, 1.807) is 0 Å². The number of hydrogen-bond donors (Lipinski definition) is 1. The predicted molar refractivity (Wildman–Crippen MR) is 87.0 cm³/mol. The number of nitrogens with two attached hydrogens (primary N) is 1. The van der Waals surface area contributed by atoms with Crippen molar-refractivity contribution in [3.05, 3.63) is 0 Å². The molecule has 0 amide bonds. The van der Waals surface area contributed by atoms with Crippen molar-refractivity contribution in [3.8, 4) is 0 Å². The van der Waals surface area contributed by atoms with Crippen LogP contribution in [-0.4, -0.2) is 55.1 Å². The zero-order chi connectivity index (χ0) is 14.4. The molecule has 2 unspecified atom stereocenters. The summed E-state index contributed by atoms with van der Waals surface area (Å²) >= 11 is 0. The third kappa shape index (κ3) is 3.96. The molecule has 2 atom stereocenters. The van der Waals surface area contributed by atoms with E-state index in [9.17, 15) is 0 Å². The van der Waals surface area contributed by atoms with Crippen LogP contribution in [0.5, 0.6) is 0 Å². The molecule has 2 heterocycles. The molecule has 0 aromatic carbocycles. The molecule has 2 saturated heterocycles. The Hall–Kier alpha value is -0.120. The van der Waals surface area contributed by atoms with E-state index in [1.807, 2.05) is 0 Å². The van der Waals surface area contributed by atoms with Crippen LogP contribution in [0.4, 0.5) is 0 Å². The lowest BCUT2D eigenvalue weighted by atomic mass is 9.88. The smallest absolute Gasteiger partial charge is 0.0344 e. The van der Waals surface area contributed by atoms with Crippen molar-refractivity contribution in [1.82, 2.24) is 9.80 Å². The summed E-state index contributed by atoms with van der Waals surface area (Å²) in [5.41, 5.74) is 6.57. The first-order chi connectivity index (χ1) is 9.70. The second-order valence-electron chi connectivity index (χ2n) is 7.16. The third-order valence-electron chi connectivity index (χ3n) is 5.74. The molecule has 2 rings (SSSR count). The van der Waals surface area contributed by atoms with Gasteiger partial charge in [-0.1, -0.05) is 19.8 Å². The standard InChI is InChI=1S/C17H35N3/c1-3-6-16-7-4-12-20(13-8-16)17(15-18)9-5-11-19(2)14-10-17/h16H,3-15,18H2,1-2H3. The molecule has 2 N–H and O–H groups in total. The molecular formula is C17H35N3. The summed E-state index contributed by atoms with van der Waals surface area (Å²) in [6.07, 6.45) is 10.8. The van der Waals surface area contributed by atoms with Gasteiger partial charge in [0.05, 0.1) is 0 Å². The number of likely N-dealkylation sites (tertiary alicyclic amines) is 2. The Morgan fingerprint density at radius 2 is 1.90 bits per heavy atom. The molecule has 20 heavy (non-hydrogen) atoms. The Morgan fingerprint density at radius 3 is 2.65 bits per heavy atom. The average molecular weight is 281 g/mol. The maximum atomic E-state index is 6.27. The summed E-state index contributed by atoms with van der Waals surface area (Å²) in [5, 5.41) is 0. The van der Waals surface area contributed by atoms with Gasteiger partial charge in [-0.2, -0.15) is 0 Å². The van der Waals surface area contributed by atoms with Gasteiger partial charge in [-0.15, -0.1) is 0 Å². The normalized spacial score (nSPS) is 34.6. The molecule has 2 fully saturated rings. The molecule has 3 nitrogen and oxygen atoms in total. The summed E-state index contributed by atoms with van der Waals surface area (Å²) in [4.78, 5) is 5.26. The number of hydrogen-bond acceptors (Lipinski definition) is 3. The fraction of sp³-hybridized carbons (Fsp3) is 1.00. The predicted octanol–water partition coefficient (Wildman–Crippen LogP) is 2.70. The van der Waals surface area contributed by atoms with E-state index in [4.69, 9.17) is 5.73 Å². The first-order valence-electron chi connectivity index (χ1n) is 8.84. The van der Waals surface area contributed by atoms with Gasteiger partial charge in [-0.05, 0) is 77.7 Å². The second-order valence-corrected chi connectivity index (χ2v) is 7.16. The summed E-state index contributed by atoms with van der Waals surface area (Å²) in [6.45, 7) is 8.19. The lowest BCUT2D eigenvalue weighted by Crippen LogP contribution is -2.54. The molecule has 2 aliphatic rings. The molecule has 0 saturated carbocycles. The van der Waals surface area contributed by atoms with Gasteiger partial charge in [0.1, 0.15) is 0 Å². The monoisotopic (exact) mass is 281 g/mol. The molecule has 0 aliphatic carbocycles. The van der Waals surface area contributed by atoms with E-state index in [0.29, 0.717) is 5.54 Å². The fourth-order valence-electron chi connectivity index (χ4n) is 4.30. The van der Waals surface area contributed by atoms with E-state index in [2.05, 4.69) is 23.8 Å². The molecule has 0 spiro atoms. The van der Waals surface area contributed by atoms with E-state index in [1.165, 1.54) is 77.5 Å². The van der Waals surface area contributed by atoms with Crippen LogP contribution in [-0.2, 0) is 0 Å². The van der Waals surface area contributed by atoms with Gasteiger partial charge in [0.25, 0.3) is 0 Å². The highest BCUT2D eigenvalue weighted by molar-refractivity contribution is 4.95. The molecule has 0 aromatic heterocycles. The maximum absolute atomic E-state index is 6.27. The number of rotatable bonds is 4. The highest BCUT2D eigenvalue weighted by atomic mass is 15.2. The molecule has 3 heteroatoms. The van der Waals surface area contributed by atoms with Crippen LogP contribution >= 0.6 is 0 Å². The lowest BCUT2D eigenvalue weighted by molar-refractivity contribution is 0.0810. The summed E-state index contributed by atoms with van der Waals surface area (Å²) < 4.78 is 0. The van der Waals surface area contributed by atoms with Gasteiger partial charge in [-0.3, -0.25) is 4.90 Å². The lowest BCUT2D eigenvalue weighted by Gasteiger charge is -2.43. The van der Waals surface area contributed by atoms with Gasteiger partial charge in [-0.25, -0.2) is 0 Å². The van der Waals surface area contributed by atoms with Gasteiger partial charge in [0, 0.05) is 12.1 Å². The van der Waals surface area contributed by atoms with Crippen LogP contribution in [0.3, 0.4) is 0 Å². The molecule has 118 valence electrons. The number of nitrogens with zero attached hydrogens (tertiary/aromatic N) is 2. The van der Waals surface area contributed by atoms with Gasteiger partial charge < -0.3 is 10.6 Å². The van der Waals surface area contributed by atoms with Crippen molar-refractivity contribution < 1.29 is 0 Å². The topological polar surface area (TPSA) is 32.5 Å². The maximum Gasteiger partial charge on any atom is 0.0344 e. The Bertz CT molecular complexity index is 281. The van der Waals surface area contributed by atoms with Crippen LogP contribution in [0.1, 0.15) is 58.3 Å². The quantitative estimate of drug-likeness (QED) is 0.860. The first-order valence-corrected chi connectivity index (χ1v) is 8.84. The van der Waals surface area contributed by atoms with Crippen molar-refractivity contribution in [2.24, 2.45) is 11.7 Å². The Labute approximate surface area is 125 Å². The van der Waals surface area contributed by atoms with Crippen LogP contribution in [0.25, 0.3) is 0 Å². The average Bonchev–Trinajstić information content (AvgIpc) is 2.79. The minimum absolute atomic E-state index is 0.297. The highest BCUT2D eigenvalue weighted by Gasteiger charge is 2.37. The van der Waals surface area contributed by atoms with Crippen LogP contribution in [0, 0.1) is 5.92 Å². The SMILES string of the molecule is CCCC1CCCN(C2(CN)CCCN(C)CC2)CC1.